The molecule has 0 aliphatic carbocycles. The fourth-order valence-corrected chi connectivity index (χ4v) is 1.87. The maximum Gasteiger partial charge on any atom is 0.0682 e. The van der Waals surface area contributed by atoms with Crippen molar-refractivity contribution in [1.82, 2.24) is 5.32 Å². The van der Waals surface area contributed by atoms with Crippen molar-refractivity contribution in [2.24, 2.45) is 0 Å². The zero-order valence-electron chi connectivity index (χ0n) is 9.85. The molecule has 0 aromatic carbocycles. The highest BCUT2D eigenvalue weighted by molar-refractivity contribution is 6.80. The molecule has 0 saturated heterocycles. The molecule has 2 heteroatoms. The Morgan fingerprint density at radius 3 is 2.38 bits per heavy atom. The van der Waals surface area contributed by atoms with E-state index >= 15 is 0 Å². The molecule has 0 aliphatic rings. The van der Waals surface area contributed by atoms with E-state index in [1.54, 1.807) is 0 Å². The molecular weight excluding hydrogens is 174 g/mol. The van der Waals surface area contributed by atoms with Crippen molar-refractivity contribution in [3.63, 3.8) is 0 Å². The first-order chi connectivity index (χ1) is 5.95. The predicted octanol–water partition coefficient (Wildman–Crippen LogP) is 3.20. The van der Waals surface area contributed by atoms with Crippen LogP contribution in [0.3, 0.4) is 0 Å². The Hall–Kier alpha value is -0.0831. The highest BCUT2D eigenvalue weighted by Crippen LogP contribution is 2.02. The lowest BCUT2D eigenvalue weighted by molar-refractivity contribution is 0.540. The minimum Gasteiger partial charge on any atom is -0.314 e. The Morgan fingerprint density at radius 2 is 1.92 bits per heavy atom. The molecule has 0 aromatic heterocycles. The average molecular weight is 199 g/mol. The van der Waals surface area contributed by atoms with Gasteiger partial charge < -0.3 is 5.32 Å². The van der Waals surface area contributed by atoms with Gasteiger partial charge in [-0.2, -0.15) is 0 Å². The van der Waals surface area contributed by atoms with Gasteiger partial charge in [0.1, 0.15) is 0 Å². The molecule has 0 heterocycles. The summed E-state index contributed by atoms with van der Waals surface area (Å²) in [4.78, 5) is 0. The summed E-state index contributed by atoms with van der Waals surface area (Å²) in [5.41, 5.74) is 2.42. The smallest absolute Gasteiger partial charge is 0.0682 e. The quantitative estimate of drug-likeness (QED) is 0.512. The summed E-state index contributed by atoms with van der Waals surface area (Å²) < 4.78 is 0. The summed E-state index contributed by atoms with van der Waals surface area (Å²) in [5, 5.41) is 3.48. The Morgan fingerprint density at radius 1 is 1.31 bits per heavy atom. The first kappa shape index (κ1) is 12.9. The highest BCUT2D eigenvalue weighted by atomic mass is 28.3. The molecule has 0 amide bonds. The van der Waals surface area contributed by atoms with E-state index in [0.717, 1.165) is 6.54 Å². The highest BCUT2D eigenvalue weighted by Gasteiger charge is 2.05. The van der Waals surface area contributed by atoms with Gasteiger partial charge in [0.25, 0.3) is 0 Å². The summed E-state index contributed by atoms with van der Waals surface area (Å²) in [6.07, 6.45) is 4.73. The second-order valence-corrected chi connectivity index (χ2v) is 9.89. The molecule has 0 aliphatic heterocycles. The second-order valence-electron chi connectivity index (χ2n) is 4.82. The predicted molar refractivity (Wildman–Crippen MR) is 64.9 cm³/mol. The minimum atomic E-state index is -0.951. The fourth-order valence-electron chi connectivity index (χ4n) is 0.994. The Balaban J connectivity index is 3.41. The van der Waals surface area contributed by atoms with E-state index in [1.807, 2.05) is 0 Å². The Labute approximate surface area is 84.6 Å². The second kappa shape index (κ2) is 6.38. The molecule has 1 N–H and O–H groups in total. The van der Waals surface area contributed by atoms with E-state index in [0.29, 0.717) is 6.04 Å². The molecule has 0 saturated carbocycles. The lowest BCUT2D eigenvalue weighted by Gasteiger charge is -2.10. The molecule has 1 atom stereocenters. The maximum atomic E-state index is 3.48. The van der Waals surface area contributed by atoms with Crippen molar-refractivity contribution >= 4 is 8.07 Å². The van der Waals surface area contributed by atoms with E-state index in [1.165, 1.54) is 12.8 Å². The van der Waals surface area contributed by atoms with Crippen molar-refractivity contribution < 1.29 is 0 Å². The van der Waals surface area contributed by atoms with Crippen LogP contribution in [0.4, 0.5) is 0 Å². The van der Waals surface area contributed by atoms with Crippen molar-refractivity contribution in [2.45, 2.75) is 52.4 Å². The Kier molecular flexibility index (Phi) is 6.34. The number of rotatable bonds is 6. The molecule has 0 spiro atoms. The lowest BCUT2D eigenvalue weighted by Crippen LogP contribution is -2.25. The van der Waals surface area contributed by atoms with E-state index in [-0.39, 0.29) is 0 Å². The van der Waals surface area contributed by atoms with Gasteiger partial charge in [-0.1, -0.05) is 38.3 Å². The van der Waals surface area contributed by atoms with Gasteiger partial charge in [-0.05, 0) is 26.3 Å². The van der Waals surface area contributed by atoms with Gasteiger partial charge in [0.05, 0.1) is 8.07 Å². The molecule has 1 unspecified atom stereocenters. The lowest BCUT2D eigenvalue weighted by atomic mass is 10.2. The van der Waals surface area contributed by atoms with Gasteiger partial charge in [0.15, 0.2) is 0 Å². The molecule has 0 fully saturated rings. The zero-order chi connectivity index (χ0) is 10.3. The van der Waals surface area contributed by atoms with Crippen LogP contribution in [0.5, 0.6) is 0 Å². The maximum absolute atomic E-state index is 3.48. The van der Waals surface area contributed by atoms with Crippen LogP contribution in [-0.4, -0.2) is 20.7 Å². The third kappa shape index (κ3) is 9.83. The summed E-state index contributed by atoms with van der Waals surface area (Å²) in [5.74, 6) is 0. The summed E-state index contributed by atoms with van der Waals surface area (Å²) >= 11 is 0. The molecule has 0 radical (unpaired) electrons. The van der Waals surface area contributed by atoms with Gasteiger partial charge in [-0.3, -0.25) is 0 Å². The molecule has 0 bridgehead atoms. The molecule has 0 aromatic rings. The number of nitrogens with one attached hydrogen (secondary N) is 1. The topological polar surface area (TPSA) is 12.0 Å². The van der Waals surface area contributed by atoms with Crippen LogP contribution in [0, 0.1) is 0 Å². The first-order valence-corrected chi connectivity index (χ1v) is 8.94. The fraction of sp³-hybridized carbons (Fsp3) is 0.818. The number of hydrogen-bond acceptors (Lipinski definition) is 1. The third-order valence-electron chi connectivity index (χ3n) is 2.03. The van der Waals surface area contributed by atoms with Gasteiger partial charge in [-0.15, -0.1) is 0 Å². The van der Waals surface area contributed by atoms with Crippen LogP contribution < -0.4 is 5.32 Å². The third-order valence-corrected chi connectivity index (χ3v) is 3.27. The monoisotopic (exact) mass is 199 g/mol. The first-order valence-electron chi connectivity index (χ1n) is 5.37. The average Bonchev–Trinajstić information content (AvgIpc) is 2.01. The molecule has 13 heavy (non-hydrogen) atoms. The molecule has 1 nitrogen and oxygen atoms in total. The molecular formula is C11H25NSi. The van der Waals surface area contributed by atoms with Crippen molar-refractivity contribution in [1.29, 1.82) is 0 Å². The van der Waals surface area contributed by atoms with E-state index < -0.39 is 8.07 Å². The molecule has 0 rings (SSSR count). The summed E-state index contributed by atoms with van der Waals surface area (Å²) in [6, 6.07) is 0.667. The van der Waals surface area contributed by atoms with Gasteiger partial charge in [0, 0.05) is 6.04 Å². The van der Waals surface area contributed by atoms with E-state index in [9.17, 15) is 0 Å². The Bertz CT molecular complexity index is 147. The minimum absolute atomic E-state index is 0.667. The normalized spacial score (nSPS) is 15.2. The van der Waals surface area contributed by atoms with Gasteiger partial charge in [0.2, 0.25) is 0 Å². The molecule has 78 valence electrons. The van der Waals surface area contributed by atoms with Crippen LogP contribution in [-0.2, 0) is 0 Å². The van der Waals surface area contributed by atoms with Crippen LogP contribution in [0.15, 0.2) is 11.8 Å². The van der Waals surface area contributed by atoms with E-state index in [2.05, 4.69) is 50.6 Å². The van der Waals surface area contributed by atoms with Gasteiger partial charge >= 0.3 is 0 Å². The van der Waals surface area contributed by atoms with Crippen LogP contribution in [0.1, 0.15) is 26.7 Å². The SMILES string of the molecule is CCC(C)NCC/C=C/[Si](C)(C)C. The number of hydrogen-bond donors (Lipinski definition) is 1. The van der Waals surface area contributed by atoms with Crippen molar-refractivity contribution in [3.05, 3.63) is 11.8 Å². The standard InChI is InChI=1S/C11H25NSi/c1-6-11(2)12-9-7-8-10-13(3,4)5/h8,10-12H,6-7,9H2,1-5H3/b10-8+. The van der Waals surface area contributed by atoms with E-state index in [4.69, 9.17) is 0 Å². The van der Waals surface area contributed by atoms with Crippen LogP contribution >= 0.6 is 0 Å². The summed E-state index contributed by atoms with van der Waals surface area (Å²) in [6.45, 7) is 12.7. The van der Waals surface area contributed by atoms with Crippen LogP contribution in [0.2, 0.25) is 19.6 Å². The largest absolute Gasteiger partial charge is 0.314 e. The van der Waals surface area contributed by atoms with Crippen LogP contribution in [0.25, 0.3) is 0 Å². The van der Waals surface area contributed by atoms with Crippen molar-refractivity contribution in [2.75, 3.05) is 6.54 Å². The van der Waals surface area contributed by atoms with Gasteiger partial charge in [-0.25, -0.2) is 0 Å². The zero-order valence-corrected chi connectivity index (χ0v) is 10.9. The summed E-state index contributed by atoms with van der Waals surface area (Å²) in [7, 11) is -0.951. The van der Waals surface area contributed by atoms with Crippen molar-refractivity contribution in [3.8, 4) is 0 Å².